The number of benzene rings is 1. The highest BCUT2D eigenvalue weighted by Gasteiger charge is 2.23. The first-order chi connectivity index (χ1) is 5.29. The molecule has 11 heavy (non-hydrogen) atoms. The summed E-state index contributed by atoms with van der Waals surface area (Å²) >= 11 is 0. The first-order valence-corrected chi connectivity index (χ1v) is 4.38. The van der Waals surface area contributed by atoms with Crippen LogP contribution >= 0.6 is 0 Å². The predicted molar refractivity (Wildman–Crippen MR) is 47.9 cm³/mol. The van der Waals surface area contributed by atoms with Crippen molar-refractivity contribution in [3.05, 3.63) is 35.4 Å². The predicted octanol–water partition coefficient (Wildman–Crippen LogP) is 3.30. The summed E-state index contributed by atoms with van der Waals surface area (Å²) in [4.78, 5) is 0. The average Bonchev–Trinajstić information content (AvgIpc) is 2.30. The van der Waals surface area contributed by atoms with Gasteiger partial charge in [0.15, 0.2) is 0 Å². The maximum Gasteiger partial charge on any atom is -0.0182 e. The molecule has 2 rings (SSSR count). The molecule has 0 aliphatic heterocycles. The molecule has 0 saturated heterocycles. The van der Waals surface area contributed by atoms with Crippen molar-refractivity contribution >= 4 is 0 Å². The van der Waals surface area contributed by atoms with Gasteiger partial charge in [0.1, 0.15) is 0 Å². The molecule has 0 aromatic heterocycles. The molecule has 2 atom stereocenters. The van der Waals surface area contributed by atoms with Crippen LogP contribution in [0.2, 0.25) is 0 Å². The van der Waals surface area contributed by atoms with E-state index in [0.717, 1.165) is 11.8 Å². The third-order valence-electron chi connectivity index (χ3n) is 2.76. The van der Waals surface area contributed by atoms with Gasteiger partial charge in [0, 0.05) is 0 Å². The highest BCUT2D eigenvalue weighted by Crippen LogP contribution is 2.40. The van der Waals surface area contributed by atoms with Gasteiger partial charge in [-0.05, 0) is 29.4 Å². The highest BCUT2D eigenvalue weighted by atomic mass is 14.3. The van der Waals surface area contributed by atoms with Gasteiger partial charge in [0.25, 0.3) is 0 Å². The number of hydrogen-bond donors (Lipinski definition) is 0. The lowest BCUT2D eigenvalue weighted by atomic mass is 10.0. The van der Waals surface area contributed by atoms with E-state index in [1.165, 1.54) is 6.42 Å². The molecule has 0 heterocycles. The van der Waals surface area contributed by atoms with Crippen molar-refractivity contribution in [3.63, 3.8) is 0 Å². The highest BCUT2D eigenvalue weighted by molar-refractivity contribution is 5.37. The van der Waals surface area contributed by atoms with Crippen molar-refractivity contribution in [2.45, 2.75) is 32.1 Å². The summed E-state index contributed by atoms with van der Waals surface area (Å²) in [5, 5.41) is 0. The molecule has 1 aliphatic rings. The second-order valence-electron chi connectivity index (χ2n) is 3.67. The molecule has 0 spiro atoms. The molecule has 58 valence electrons. The SMILES string of the molecule is C[C@@H]1C[C@@H](C)c2ccccc21. The van der Waals surface area contributed by atoms with Gasteiger partial charge in [-0.3, -0.25) is 0 Å². The van der Waals surface area contributed by atoms with Crippen LogP contribution in [-0.4, -0.2) is 0 Å². The van der Waals surface area contributed by atoms with E-state index in [9.17, 15) is 0 Å². The molecule has 0 bridgehead atoms. The number of hydrogen-bond acceptors (Lipinski definition) is 0. The number of rotatable bonds is 0. The van der Waals surface area contributed by atoms with E-state index < -0.39 is 0 Å². The van der Waals surface area contributed by atoms with E-state index >= 15 is 0 Å². The molecule has 0 saturated carbocycles. The average molecular weight is 146 g/mol. The third kappa shape index (κ3) is 0.973. The fourth-order valence-corrected chi connectivity index (χ4v) is 2.19. The maximum atomic E-state index is 2.32. The summed E-state index contributed by atoms with van der Waals surface area (Å²) in [7, 11) is 0. The molecule has 0 N–H and O–H groups in total. The van der Waals surface area contributed by atoms with Crippen molar-refractivity contribution in [2.24, 2.45) is 0 Å². The summed E-state index contributed by atoms with van der Waals surface area (Å²) in [6.07, 6.45) is 1.33. The van der Waals surface area contributed by atoms with Gasteiger partial charge >= 0.3 is 0 Å². The molecule has 0 radical (unpaired) electrons. The zero-order valence-corrected chi connectivity index (χ0v) is 7.17. The van der Waals surface area contributed by atoms with Gasteiger partial charge in [0.2, 0.25) is 0 Å². The standard InChI is InChI=1S/C11H14/c1-8-7-9(2)11-6-4-3-5-10(8)11/h3-6,8-9H,7H2,1-2H3/t8-,9-/m1/s1. The molecule has 0 amide bonds. The second-order valence-corrected chi connectivity index (χ2v) is 3.67. The molecule has 0 heteroatoms. The van der Waals surface area contributed by atoms with E-state index in [1.54, 1.807) is 11.1 Å². The molecule has 1 aliphatic carbocycles. The Morgan fingerprint density at radius 2 is 1.45 bits per heavy atom. The Morgan fingerprint density at radius 3 is 1.91 bits per heavy atom. The topological polar surface area (TPSA) is 0 Å². The minimum Gasteiger partial charge on any atom is -0.0620 e. The Bertz CT molecular complexity index is 235. The summed E-state index contributed by atoms with van der Waals surface area (Å²) < 4.78 is 0. The van der Waals surface area contributed by atoms with Gasteiger partial charge in [0.05, 0.1) is 0 Å². The van der Waals surface area contributed by atoms with Crippen molar-refractivity contribution in [3.8, 4) is 0 Å². The minimum absolute atomic E-state index is 0.779. The van der Waals surface area contributed by atoms with E-state index in [-0.39, 0.29) is 0 Å². The van der Waals surface area contributed by atoms with Crippen molar-refractivity contribution < 1.29 is 0 Å². The summed E-state index contributed by atoms with van der Waals surface area (Å²) in [5.74, 6) is 1.56. The van der Waals surface area contributed by atoms with Crippen LogP contribution in [0.3, 0.4) is 0 Å². The van der Waals surface area contributed by atoms with E-state index in [1.807, 2.05) is 0 Å². The third-order valence-corrected chi connectivity index (χ3v) is 2.76. The quantitative estimate of drug-likeness (QED) is 0.527. The molecule has 0 fully saturated rings. The van der Waals surface area contributed by atoms with E-state index in [0.29, 0.717) is 0 Å². The summed E-state index contributed by atoms with van der Waals surface area (Å²) in [6.45, 7) is 4.64. The Kier molecular flexibility index (Phi) is 1.49. The van der Waals surface area contributed by atoms with Crippen LogP contribution in [0.25, 0.3) is 0 Å². The molecule has 1 aromatic carbocycles. The first-order valence-electron chi connectivity index (χ1n) is 4.38. The fourth-order valence-electron chi connectivity index (χ4n) is 2.19. The van der Waals surface area contributed by atoms with Crippen LogP contribution in [0.1, 0.15) is 43.2 Å². The van der Waals surface area contributed by atoms with E-state index in [4.69, 9.17) is 0 Å². The zero-order valence-electron chi connectivity index (χ0n) is 7.17. The van der Waals surface area contributed by atoms with Gasteiger partial charge in [-0.15, -0.1) is 0 Å². The van der Waals surface area contributed by atoms with Gasteiger partial charge in [-0.25, -0.2) is 0 Å². The Hall–Kier alpha value is -0.780. The minimum atomic E-state index is 0.779. The monoisotopic (exact) mass is 146 g/mol. The molecular weight excluding hydrogens is 132 g/mol. The van der Waals surface area contributed by atoms with Gasteiger partial charge in [-0.1, -0.05) is 38.1 Å². The lowest BCUT2D eigenvalue weighted by Gasteiger charge is -2.02. The van der Waals surface area contributed by atoms with Crippen molar-refractivity contribution in [2.75, 3.05) is 0 Å². The largest absolute Gasteiger partial charge is 0.0620 e. The molecular formula is C11H14. The first kappa shape index (κ1) is 6.90. The van der Waals surface area contributed by atoms with Crippen LogP contribution in [0.5, 0.6) is 0 Å². The van der Waals surface area contributed by atoms with Gasteiger partial charge in [-0.2, -0.15) is 0 Å². The zero-order chi connectivity index (χ0) is 7.84. The second kappa shape index (κ2) is 2.37. The number of fused-ring (bicyclic) bond motifs is 1. The lowest BCUT2D eigenvalue weighted by molar-refractivity contribution is 0.661. The Balaban J connectivity index is 2.52. The normalized spacial score (nSPS) is 28.5. The molecule has 0 nitrogen and oxygen atoms in total. The Labute approximate surface area is 68.3 Å². The summed E-state index contributed by atoms with van der Waals surface area (Å²) in [5.41, 5.74) is 3.14. The van der Waals surface area contributed by atoms with E-state index in [2.05, 4.69) is 38.1 Å². The van der Waals surface area contributed by atoms with Crippen LogP contribution in [0, 0.1) is 0 Å². The van der Waals surface area contributed by atoms with Crippen LogP contribution in [0.4, 0.5) is 0 Å². The maximum absolute atomic E-state index is 2.32. The van der Waals surface area contributed by atoms with Crippen molar-refractivity contribution in [1.82, 2.24) is 0 Å². The molecule has 0 unspecified atom stereocenters. The van der Waals surface area contributed by atoms with Crippen molar-refractivity contribution in [1.29, 1.82) is 0 Å². The van der Waals surface area contributed by atoms with Crippen LogP contribution < -0.4 is 0 Å². The smallest absolute Gasteiger partial charge is 0.0182 e. The van der Waals surface area contributed by atoms with Gasteiger partial charge < -0.3 is 0 Å². The fraction of sp³-hybridized carbons (Fsp3) is 0.455. The Morgan fingerprint density at radius 1 is 1.00 bits per heavy atom. The van der Waals surface area contributed by atoms with Crippen LogP contribution in [-0.2, 0) is 0 Å². The lowest BCUT2D eigenvalue weighted by Crippen LogP contribution is -1.84. The summed E-state index contributed by atoms with van der Waals surface area (Å²) in [6, 6.07) is 8.83. The van der Waals surface area contributed by atoms with Crippen LogP contribution in [0.15, 0.2) is 24.3 Å². The molecule has 1 aromatic rings.